The second-order valence-electron chi connectivity index (χ2n) is 6.12. The van der Waals surface area contributed by atoms with Crippen molar-refractivity contribution in [2.24, 2.45) is 0 Å². The fraction of sp³-hybridized carbons (Fsp3) is 0.300. The number of rotatable bonds is 7. The Labute approximate surface area is 147 Å². The third-order valence-corrected chi connectivity index (χ3v) is 3.80. The lowest BCUT2D eigenvalue weighted by Gasteiger charge is -2.08. The van der Waals surface area contributed by atoms with Crippen molar-refractivity contribution in [3.8, 4) is 5.75 Å². The lowest BCUT2D eigenvalue weighted by atomic mass is 10.0. The molecule has 0 aromatic heterocycles. The number of hydrogen-bond acceptors (Lipinski definition) is 4. The molecule has 2 N–H and O–H groups in total. The van der Waals surface area contributed by atoms with E-state index in [0.29, 0.717) is 18.9 Å². The SMILES string of the molecule is CC(C)c1ccc(CCNC(=O)COC(=O)c2cccc(O)c2)cc1. The van der Waals surface area contributed by atoms with E-state index in [-0.39, 0.29) is 23.8 Å². The van der Waals surface area contributed by atoms with Gasteiger partial charge in [0.15, 0.2) is 6.61 Å². The predicted molar refractivity (Wildman–Crippen MR) is 95.6 cm³/mol. The average molecular weight is 341 g/mol. The van der Waals surface area contributed by atoms with Gasteiger partial charge in [0.25, 0.3) is 5.91 Å². The molecule has 2 aromatic carbocycles. The quantitative estimate of drug-likeness (QED) is 0.759. The summed E-state index contributed by atoms with van der Waals surface area (Å²) in [7, 11) is 0. The third-order valence-electron chi connectivity index (χ3n) is 3.80. The minimum Gasteiger partial charge on any atom is -0.508 e. The van der Waals surface area contributed by atoms with E-state index in [2.05, 4.69) is 43.4 Å². The third kappa shape index (κ3) is 5.95. The summed E-state index contributed by atoms with van der Waals surface area (Å²) in [6.45, 7) is 4.42. The van der Waals surface area contributed by atoms with Gasteiger partial charge in [-0.25, -0.2) is 4.79 Å². The van der Waals surface area contributed by atoms with Crippen LogP contribution in [0, 0.1) is 0 Å². The molecule has 1 amide bonds. The van der Waals surface area contributed by atoms with Crippen molar-refractivity contribution < 1.29 is 19.4 Å². The second-order valence-corrected chi connectivity index (χ2v) is 6.12. The van der Waals surface area contributed by atoms with E-state index >= 15 is 0 Å². The molecule has 0 unspecified atom stereocenters. The number of phenolic OH excluding ortho intramolecular Hbond substituents is 1. The molecule has 0 radical (unpaired) electrons. The Hall–Kier alpha value is -2.82. The van der Waals surface area contributed by atoms with Gasteiger partial charge in [0.1, 0.15) is 5.75 Å². The highest BCUT2D eigenvalue weighted by atomic mass is 16.5. The van der Waals surface area contributed by atoms with Crippen LogP contribution >= 0.6 is 0 Å². The number of hydrogen-bond donors (Lipinski definition) is 2. The topological polar surface area (TPSA) is 75.6 Å². The molecule has 132 valence electrons. The van der Waals surface area contributed by atoms with E-state index in [1.807, 2.05) is 0 Å². The van der Waals surface area contributed by atoms with E-state index < -0.39 is 5.97 Å². The smallest absolute Gasteiger partial charge is 0.338 e. The molecule has 0 saturated heterocycles. The van der Waals surface area contributed by atoms with E-state index in [0.717, 1.165) is 5.56 Å². The van der Waals surface area contributed by atoms with Crippen LogP contribution in [-0.2, 0) is 16.0 Å². The maximum Gasteiger partial charge on any atom is 0.338 e. The first-order chi connectivity index (χ1) is 12.0. The number of aromatic hydroxyl groups is 1. The molecule has 5 heteroatoms. The molecule has 0 aliphatic carbocycles. The molecule has 0 saturated carbocycles. The highest BCUT2D eigenvalue weighted by molar-refractivity contribution is 5.91. The number of amides is 1. The van der Waals surface area contributed by atoms with Crippen molar-refractivity contribution in [1.29, 1.82) is 0 Å². The van der Waals surface area contributed by atoms with Crippen LogP contribution in [0.2, 0.25) is 0 Å². The first kappa shape index (κ1) is 18.5. The molecule has 0 bridgehead atoms. The van der Waals surface area contributed by atoms with Crippen LogP contribution in [0.1, 0.15) is 41.3 Å². The van der Waals surface area contributed by atoms with Gasteiger partial charge in [-0.05, 0) is 41.7 Å². The standard InChI is InChI=1S/C20H23NO4/c1-14(2)16-8-6-15(7-9-16)10-11-21-19(23)13-25-20(24)17-4-3-5-18(22)12-17/h3-9,12,14,22H,10-11,13H2,1-2H3,(H,21,23). The number of benzene rings is 2. The van der Waals surface area contributed by atoms with Gasteiger partial charge in [-0.2, -0.15) is 0 Å². The Bertz CT molecular complexity index is 723. The molecule has 0 heterocycles. The van der Waals surface area contributed by atoms with Crippen LogP contribution in [0.3, 0.4) is 0 Å². The number of nitrogens with one attached hydrogen (secondary N) is 1. The van der Waals surface area contributed by atoms with E-state index in [1.54, 1.807) is 0 Å². The van der Waals surface area contributed by atoms with Gasteiger partial charge in [0.05, 0.1) is 5.56 Å². The fourth-order valence-corrected chi connectivity index (χ4v) is 2.31. The summed E-state index contributed by atoms with van der Waals surface area (Å²) >= 11 is 0. The summed E-state index contributed by atoms with van der Waals surface area (Å²) < 4.78 is 4.93. The van der Waals surface area contributed by atoms with E-state index in [1.165, 1.54) is 29.8 Å². The fourth-order valence-electron chi connectivity index (χ4n) is 2.31. The average Bonchev–Trinajstić information content (AvgIpc) is 2.60. The molecule has 0 aliphatic rings. The minimum absolute atomic E-state index is 0.0256. The van der Waals surface area contributed by atoms with Gasteiger partial charge in [0, 0.05) is 6.54 Å². The number of esters is 1. The minimum atomic E-state index is -0.643. The monoisotopic (exact) mass is 341 g/mol. The zero-order valence-corrected chi connectivity index (χ0v) is 14.5. The van der Waals surface area contributed by atoms with Crippen LogP contribution in [0.25, 0.3) is 0 Å². The first-order valence-corrected chi connectivity index (χ1v) is 8.27. The summed E-state index contributed by atoms with van der Waals surface area (Å²) in [5, 5.41) is 12.0. The van der Waals surface area contributed by atoms with Gasteiger partial charge in [0.2, 0.25) is 0 Å². The van der Waals surface area contributed by atoms with Gasteiger partial charge < -0.3 is 15.2 Å². The molecule has 5 nitrogen and oxygen atoms in total. The number of ether oxygens (including phenoxy) is 1. The largest absolute Gasteiger partial charge is 0.508 e. The Morgan fingerprint density at radius 2 is 1.84 bits per heavy atom. The molecule has 0 atom stereocenters. The summed E-state index contributed by atoms with van der Waals surface area (Å²) in [5.41, 5.74) is 2.63. The number of phenols is 1. The van der Waals surface area contributed by atoms with Crippen molar-refractivity contribution in [3.63, 3.8) is 0 Å². The molecule has 2 rings (SSSR count). The Kier molecular flexibility index (Phi) is 6.57. The first-order valence-electron chi connectivity index (χ1n) is 8.27. The Morgan fingerprint density at radius 1 is 1.12 bits per heavy atom. The zero-order chi connectivity index (χ0) is 18.2. The molecule has 25 heavy (non-hydrogen) atoms. The number of carbonyl (C=O) groups is 2. The zero-order valence-electron chi connectivity index (χ0n) is 14.5. The summed E-state index contributed by atoms with van der Waals surface area (Å²) in [6, 6.07) is 14.1. The number of carbonyl (C=O) groups excluding carboxylic acids is 2. The van der Waals surface area contributed by atoms with Crippen LogP contribution < -0.4 is 5.32 Å². The highest BCUT2D eigenvalue weighted by Gasteiger charge is 2.10. The predicted octanol–water partition coefficient (Wildman–Crippen LogP) is 3.03. The summed E-state index contributed by atoms with van der Waals surface area (Å²) in [4.78, 5) is 23.5. The lowest BCUT2D eigenvalue weighted by molar-refractivity contribution is -0.124. The second kappa shape index (κ2) is 8.87. The molecular weight excluding hydrogens is 318 g/mol. The van der Waals surface area contributed by atoms with E-state index in [9.17, 15) is 14.7 Å². The van der Waals surface area contributed by atoms with Crippen LogP contribution in [0.15, 0.2) is 48.5 Å². The van der Waals surface area contributed by atoms with Crippen molar-refractivity contribution in [1.82, 2.24) is 5.32 Å². The Balaban J connectivity index is 1.71. The maximum atomic E-state index is 11.8. The van der Waals surface area contributed by atoms with Gasteiger partial charge in [-0.3, -0.25) is 4.79 Å². The van der Waals surface area contributed by atoms with Crippen LogP contribution in [-0.4, -0.2) is 30.1 Å². The molecule has 0 spiro atoms. The normalized spacial score (nSPS) is 10.5. The van der Waals surface area contributed by atoms with Gasteiger partial charge in [-0.1, -0.05) is 44.2 Å². The maximum absolute atomic E-state index is 11.8. The molecular formula is C20H23NO4. The molecule has 2 aromatic rings. The van der Waals surface area contributed by atoms with Crippen molar-refractivity contribution in [2.75, 3.05) is 13.2 Å². The van der Waals surface area contributed by atoms with Crippen LogP contribution in [0.5, 0.6) is 5.75 Å². The lowest BCUT2D eigenvalue weighted by Crippen LogP contribution is -2.30. The van der Waals surface area contributed by atoms with Crippen molar-refractivity contribution >= 4 is 11.9 Å². The summed E-state index contributed by atoms with van der Waals surface area (Å²) in [5.74, 6) is -0.528. The highest BCUT2D eigenvalue weighted by Crippen LogP contribution is 2.15. The van der Waals surface area contributed by atoms with Gasteiger partial charge >= 0.3 is 5.97 Å². The molecule has 0 aliphatic heterocycles. The van der Waals surface area contributed by atoms with Crippen LogP contribution in [0.4, 0.5) is 0 Å². The molecule has 0 fully saturated rings. The Morgan fingerprint density at radius 3 is 2.48 bits per heavy atom. The van der Waals surface area contributed by atoms with Crippen molar-refractivity contribution in [3.05, 3.63) is 65.2 Å². The van der Waals surface area contributed by atoms with Gasteiger partial charge in [-0.15, -0.1) is 0 Å². The summed E-state index contributed by atoms with van der Waals surface area (Å²) in [6.07, 6.45) is 0.713. The van der Waals surface area contributed by atoms with Crippen molar-refractivity contribution in [2.45, 2.75) is 26.2 Å². The van der Waals surface area contributed by atoms with E-state index in [4.69, 9.17) is 4.74 Å².